The predicted octanol–water partition coefficient (Wildman–Crippen LogP) is 5.99. The number of hydrogen-bond donors (Lipinski definition) is 3. The molecule has 4 rings (SSSR count). The van der Waals surface area contributed by atoms with E-state index in [0.717, 1.165) is 28.6 Å². The molecule has 4 aromatic rings. The van der Waals surface area contributed by atoms with Gasteiger partial charge < -0.3 is 15.7 Å². The Labute approximate surface area is 243 Å². The molecule has 1 aromatic heterocycles. The van der Waals surface area contributed by atoms with E-state index in [0.29, 0.717) is 17.7 Å². The second kappa shape index (κ2) is 15.6. The molecule has 0 aliphatic rings. The largest absolute Gasteiger partial charge is 0.390 e. The molecule has 0 spiro atoms. The first-order valence-corrected chi connectivity index (χ1v) is 13.0. The maximum Gasteiger partial charge on any atom is 0.251 e. The maximum absolute atomic E-state index is 13.8. The van der Waals surface area contributed by atoms with Crippen LogP contribution in [0.3, 0.4) is 0 Å². The Kier molecular flexibility index (Phi) is 13.0. The Morgan fingerprint density at radius 2 is 1.69 bits per heavy atom. The van der Waals surface area contributed by atoms with Crippen LogP contribution in [-0.2, 0) is 19.4 Å². The minimum atomic E-state index is -1.01. The molecule has 0 aliphatic carbocycles. The van der Waals surface area contributed by atoms with Gasteiger partial charge in [-0.25, -0.2) is 13.8 Å². The summed E-state index contributed by atoms with van der Waals surface area (Å²) in [5.74, 6) is -1.81. The standard InChI is InChI=1S/C29H29F2N3O2S.2ClH/c1-2-19-5-3-6-20(11-19)17-32-18-27(35)26(14-21-12-24(30)16-25(31)13-21)34-28(36)22-7-4-8-23(15-22)29-33-9-10-37-29;;/h3-13,15-16,26-27,32,35H,2,14,17-18H2,1H3,(H,34,36);2*1H/t26-,27+;;/m0../s1. The van der Waals surface area contributed by atoms with E-state index in [1.165, 1.54) is 29.0 Å². The van der Waals surface area contributed by atoms with E-state index in [4.69, 9.17) is 0 Å². The van der Waals surface area contributed by atoms with Crippen LogP contribution in [0.4, 0.5) is 8.78 Å². The van der Waals surface area contributed by atoms with E-state index < -0.39 is 29.7 Å². The van der Waals surface area contributed by atoms with E-state index >= 15 is 0 Å². The van der Waals surface area contributed by atoms with Crippen molar-refractivity contribution >= 4 is 42.1 Å². The van der Waals surface area contributed by atoms with Gasteiger partial charge in [-0.05, 0) is 53.8 Å². The molecule has 3 aromatic carbocycles. The van der Waals surface area contributed by atoms with Gasteiger partial charge in [-0.1, -0.05) is 43.3 Å². The van der Waals surface area contributed by atoms with Crippen molar-refractivity contribution in [2.75, 3.05) is 6.54 Å². The Hall–Kier alpha value is -2.88. The molecular weight excluding hydrogens is 563 g/mol. The van der Waals surface area contributed by atoms with Crippen LogP contribution in [0.1, 0.15) is 34.0 Å². The van der Waals surface area contributed by atoms with E-state index in [1.54, 1.807) is 24.4 Å². The van der Waals surface area contributed by atoms with Crippen molar-refractivity contribution in [2.24, 2.45) is 0 Å². The number of amides is 1. The number of carbonyl (C=O) groups is 1. The lowest BCUT2D eigenvalue weighted by Crippen LogP contribution is -2.48. The third-order valence-corrected chi connectivity index (χ3v) is 6.87. The van der Waals surface area contributed by atoms with Gasteiger partial charge in [0.15, 0.2) is 0 Å². The van der Waals surface area contributed by atoms with Gasteiger partial charge in [0.2, 0.25) is 0 Å². The number of nitrogens with one attached hydrogen (secondary N) is 2. The highest BCUT2D eigenvalue weighted by atomic mass is 35.5. The van der Waals surface area contributed by atoms with E-state index in [1.807, 2.05) is 23.6 Å². The number of aryl methyl sites for hydroxylation is 1. The maximum atomic E-state index is 13.8. The first-order valence-electron chi connectivity index (χ1n) is 12.1. The summed E-state index contributed by atoms with van der Waals surface area (Å²) < 4.78 is 27.7. The van der Waals surface area contributed by atoms with E-state index in [2.05, 4.69) is 34.7 Å². The summed E-state index contributed by atoms with van der Waals surface area (Å²) in [4.78, 5) is 17.4. The zero-order valence-corrected chi connectivity index (χ0v) is 23.7. The molecule has 208 valence electrons. The van der Waals surface area contributed by atoms with Gasteiger partial charge in [-0.2, -0.15) is 0 Å². The number of aromatic nitrogens is 1. The van der Waals surface area contributed by atoms with Crippen LogP contribution in [0.2, 0.25) is 0 Å². The first kappa shape index (κ1) is 32.3. The summed E-state index contributed by atoms with van der Waals surface area (Å²) in [6, 6.07) is 17.6. The van der Waals surface area contributed by atoms with E-state index in [9.17, 15) is 18.7 Å². The topological polar surface area (TPSA) is 74.2 Å². The molecule has 39 heavy (non-hydrogen) atoms. The smallest absolute Gasteiger partial charge is 0.251 e. The Bertz CT molecular complexity index is 1320. The number of aliphatic hydroxyl groups excluding tert-OH is 1. The van der Waals surface area contributed by atoms with Crippen molar-refractivity contribution in [1.29, 1.82) is 0 Å². The van der Waals surface area contributed by atoms with Crippen LogP contribution in [-0.4, -0.2) is 34.7 Å². The van der Waals surface area contributed by atoms with Gasteiger partial charge in [-0.3, -0.25) is 4.79 Å². The molecule has 0 fully saturated rings. The Morgan fingerprint density at radius 3 is 2.38 bits per heavy atom. The van der Waals surface area contributed by atoms with Gasteiger partial charge in [-0.15, -0.1) is 36.2 Å². The molecule has 0 unspecified atom stereocenters. The minimum Gasteiger partial charge on any atom is -0.390 e. The lowest BCUT2D eigenvalue weighted by Gasteiger charge is -2.25. The van der Waals surface area contributed by atoms with Gasteiger partial charge >= 0.3 is 0 Å². The summed E-state index contributed by atoms with van der Waals surface area (Å²) in [5.41, 5.74) is 3.85. The quantitative estimate of drug-likeness (QED) is 0.200. The highest BCUT2D eigenvalue weighted by molar-refractivity contribution is 7.13. The van der Waals surface area contributed by atoms with Gasteiger partial charge in [0.25, 0.3) is 5.91 Å². The highest BCUT2D eigenvalue weighted by Crippen LogP contribution is 2.22. The molecule has 5 nitrogen and oxygen atoms in total. The average molecular weight is 595 g/mol. The molecule has 0 aliphatic heterocycles. The fraction of sp³-hybridized carbons (Fsp3) is 0.241. The van der Waals surface area contributed by atoms with Gasteiger partial charge in [0.1, 0.15) is 16.6 Å². The number of carbonyl (C=O) groups excluding carboxylic acids is 1. The van der Waals surface area contributed by atoms with E-state index in [-0.39, 0.29) is 37.8 Å². The fourth-order valence-corrected chi connectivity index (χ4v) is 4.78. The molecule has 0 radical (unpaired) electrons. The molecule has 1 amide bonds. The first-order chi connectivity index (χ1) is 17.9. The number of thiazole rings is 1. The molecule has 0 bridgehead atoms. The summed E-state index contributed by atoms with van der Waals surface area (Å²) in [5, 5.41) is 19.8. The summed E-state index contributed by atoms with van der Waals surface area (Å²) >= 11 is 1.47. The predicted molar refractivity (Wildman–Crippen MR) is 157 cm³/mol. The van der Waals surface area contributed by atoms with Crippen molar-refractivity contribution in [3.05, 3.63) is 112 Å². The number of hydrogen-bond acceptors (Lipinski definition) is 5. The number of benzene rings is 3. The van der Waals surface area contributed by atoms with Gasteiger partial charge in [0.05, 0.1) is 12.1 Å². The van der Waals surface area contributed by atoms with Crippen LogP contribution >= 0.6 is 36.2 Å². The second-order valence-electron chi connectivity index (χ2n) is 8.85. The van der Waals surface area contributed by atoms with Crippen molar-refractivity contribution in [2.45, 2.75) is 38.5 Å². The summed E-state index contributed by atoms with van der Waals surface area (Å²) in [6.45, 7) is 2.81. The fourth-order valence-electron chi connectivity index (χ4n) is 4.14. The zero-order valence-electron chi connectivity index (χ0n) is 21.3. The molecule has 2 atom stereocenters. The second-order valence-corrected chi connectivity index (χ2v) is 9.75. The van der Waals surface area contributed by atoms with Crippen molar-refractivity contribution < 1.29 is 18.7 Å². The van der Waals surface area contributed by atoms with Crippen LogP contribution in [0.5, 0.6) is 0 Å². The normalized spacial score (nSPS) is 12.1. The lowest BCUT2D eigenvalue weighted by molar-refractivity contribution is 0.0830. The lowest BCUT2D eigenvalue weighted by atomic mass is 9.99. The minimum absolute atomic E-state index is 0. The molecule has 3 N–H and O–H groups in total. The number of aliphatic hydroxyl groups is 1. The molecule has 0 saturated carbocycles. The molecule has 0 saturated heterocycles. The van der Waals surface area contributed by atoms with Crippen LogP contribution < -0.4 is 10.6 Å². The van der Waals surface area contributed by atoms with Crippen LogP contribution in [0.15, 0.2) is 78.3 Å². The number of rotatable bonds is 11. The van der Waals surface area contributed by atoms with Crippen LogP contribution in [0.25, 0.3) is 10.6 Å². The summed E-state index contributed by atoms with van der Waals surface area (Å²) in [6.07, 6.45) is 1.67. The highest BCUT2D eigenvalue weighted by Gasteiger charge is 2.23. The molecular formula is C29H31Cl2F2N3O2S. The monoisotopic (exact) mass is 593 g/mol. The number of nitrogens with zero attached hydrogens (tertiary/aromatic N) is 1. The van der Waals surface area contributed by atoms with Gasteiger partial charge in [0, 0.05) is 41.9 Å². The molecule has 1 heterocycles. The van der Waals surface area contributed by atoms with Crippen molar-refractivity contribution in [3.8, 4) is 10.6 Å². The molecule has 10 heteroatoms. The Balaban J connectivity index is 0.00000267. The Morgan fingerprint density at radius 1 is 0.974 bits per heavy atom. The zero-order chi connectivity index (χ0) is 26.2. The number of halogens is 4. The van der Waals surface area contributed by atoms with Crippen molar-refractivity contribution in [1.82, 2.24) is 15.6 Å². The average Bonchev–Trinajstić information content (AvgIpc) is 3.43. The van der Waals surface area contributed by atoms with Crippen molar-refractivity contribution in [3.63, 3.8) is 0 Å². The summed E-state index contributed by atoms with van der Waals surface area (Å²) in [7, 11) is 0. The third kappa shape index (κ3) is 9.37. The SMILES string of the molecule is CCc1cccc(CNC[C@@H](O)[C@H](Cc2cc(F)cc(F)c2)NC(=O)c2cccc(-c3nccs3)c2)c1.Cl.Cl. The third-order valence-electron chi connectivity index (χ3n) is 6.05. The van der Waals surface area contributed by atoms with Crippen LogP contribution in [0, 0.1) is 11.6 Å².